The molecular formula is C20H16F3N3O7. The maximum atomic E-state index is 13.7. The molecule has 0 aliphatic carbocycles. The molecule has 0 bridgehead atoms. The Labute approximate surface area is 182 Å². The Morgan fingerprint density at radius 2 is 1.94 bits per heavy atom. The van der Waals surface area contributed by atoms with Crippen molar-refractivity contribution in [2.75, 3.05) is 6.61 Å². The van der Waals surface area contributed by atoms with Crippen LogP contribution in [0.2, 0.25) is 0 Å². The maximum Gasteiger partial charge on any atom is 0.432 e. The summed E-state index contributed by atoms with van der Waals surface area (Å²) in [7, 11) is 1.23. The van der Waals surface area contributed by atoms with Crippen molar-refractivity contribution in [3.05, 3.63) is 62.1 Å². The number of benzene rings is 1. The van der Waals surface area contributed by atoms with E-state index in [9.17, 15) is 43.1 Å². The highest BCUT2D eigenvalue weighted by Crippen LogP contribution is 2.42. The maximum absolute atomic E-state index is 13.7. The average Bonchev–Trinajstić information content (AvgIpc) is 3.06. The fraction of sp³-hybridized carbons (Fsp3) is 0.200. The van der Waals surface area contributed by atoms with Gasteiger partial charge in [0.05, 0.1) is 28.4 Å². The number of aromatic hydroxyl groups is 2. The van der Waals surface area contributed by atoms with E-state index >= 15 is 0 Å². The Morgan fingerprint density at radius 3 is 2.52 bits per heavy atom. The number of esters is 1. The molecule has 1 aromatic carbocycles. The molecule has 0 saturated carbocycles. The monoisotopic (exact) mass is 467 g/mol. The zero-order valence-corrected chi connectivity index (χ0v) is 17.1. The summed E-state index contributed by atoms with van der Waals surface area (Å²) in [6.45, 7) is 1.35. The van der Waals surface area contributed by atoms with E-state index < -0.39 is 62.2 Å². The van der Waals surface area contributed by atoms with Crippen molar-refractivity contribution in [2.24, 2.45) is 7.05 Å². The van der Waals surface area contributed by atoms with Crippen molar-refractivity contribution >= 4 is 11.7 Å². The molecule has 0 saturated heterocycles. The summed E-state index contributed by atoms with van der Waals surface area (Å²) in [6.07, 6.45) is -4.17. The Kier molecular flexibility index (Phi) is 5.90. The molecule has 0 fully saturated rings. The van der Waals surface area contributed by atoms with Gasteiger partial charge in [-0.2, -0.15) is 13.2 Å². The number of H-pyrrole nitrogens is 1. The minimum absolute atomic E-state index is 0.0668. The Hall–Kier alpha value is -4.29. The molecule has 3 N–H and O–H groups in total. The van der Waals surface area contributed by atoms with Gasteiger partial charge in [0, 0.05) is 36.6 Å². The molecule has 0 amide bonds. The summed E-state index contributed by atoms with van der Waals surface area (Å²) in [5, 5.41) is 30.8. The number of nitrogens with one attached hydrogen (secondary N) is 1. The molecule has 0 aliphatic heterocycles. The van der Waals surface area contributed by atoms with Crippen molar-refractivity contribution in [2.45, 2.75) is 13.1 Å². The first-order valence-corrected chi connectivity index (χ1v) is 9.25. The van der Waals surface area contributed by atoms with Crippen LogP contribution in [0, 0.1) is 10.1 Å². The van der Waals surface area contributed by atoms with E-state index in [1.165, 1.54) is 14.0 Å². The first-order valence-electron chi connectivity index (χ1n) is 9.25. The van der Waals surface area contributed by atoms with Crippen LogP contribution < -0.4 is 5.43 Å². The molecule has 3 rings (SSSR count). The number of rotatable bonds is 5. The summed E-state index contributed by atoms with van der Waals surface area (Å²) in [5.41, 5.74) is -5.23. The third kappa shape index (κ3) is 4.12. The highest BCUT2D eigenvalue weighted by molar-refractivity contribution is 5.99. The number of pyridine rings is 1. The van der Waals surface area contributed by atoms with Gasteiger partial charge in [0.1, 0.15) is 5.69 Å². The molecular weight excluding hydrogens is 451 g/mol. The second kappa shape index (κ2) is 8.33. The van der Waals surface area contributed by atoms with Crippen molar-refractivity contribution in [1.29, 1.82) is 0 Å². The number of nitro groups is 1. The number of halogens is 3. The number of ether oxygens (including phenoxy) is 1. The fourth-order valence-corrected chi connectivity index (χ4v) is 3.38. The highest BCUT2D eigenvalue weighted by atomic mass is 19.4. The predicted octanol–water partition coefficient (Wildman–Crippen LogP) is 3.56. The standard InChI is InChI=1S/C20H16F3N3O7/c1-3-33-19(30)10-8-11(9-6-12(26(31)32)17(29)14(28)7-9)25(2)16(10)15-13(27)4-5-24-18(15)20(21,22)23/h4-8,28-29H,3H2,1-2H3,(H,24,27). The van der Waals surface area contributed by atoms with Gasteiger partial charge < -0.3 is 24.5 Å². The van der Waals surface area contributed by atoms with Crippen LogP contribution in [0.5, 0.6) is 11.5 Å². The Balaban J connectivity index is 2.42. The fourth-order valence-electron chi connectivity index (χ4n) is 3.38. The highest BCUT2D eigenvalue weighted by Gasteiger charge is 2.38. The molecule has 0 atom stereocenters. The number of aromatic nitrogens is 2. The van der Waals surface area contributed by atoms with Gasteiger partial charge in [0.15, 0.2) is 11.2 Å². The molecule has 0 spiro atoms. The normalized spacial score (nSPS) is 11.4. The number of hydrogen-bond acceptors (Lipinski definition) is 7. The third-order valence-corrected chi connectivity index (χ3v) is 4.77. The molecule has 10 nitrogen and oxygen atoms in total. The van der Waals surface area contributed by atoms with Gasteiger partial charge in [0.25, 0.3) is 0 Å². The van der Waals surface area contributed by atoms with E-state index in [-0.39, 0.29) is 17.9 Å². The van der Waals surface area contributed by atoms with Gasteiger partial charge in [-0.25, -0.2) is 4.79 Å². The topological polar surface area (TPSA) is 148 Å². The number of carbonyl (C=O) groups excluding carboxylic acids is 1. The lowest BCUT2D eigenvalue weighted by atomic mass is 10.0. The van der Waals surface area contributed by atoms with Crippen LogP contribution in [0.25, 0.3) is 22.5 Å². The van der Waals surface area contributed by atoms with Crippen molar-refractivity contribution < 1.29 is 37.8 Å². The molecule has 174 valence electrons. The molecule has 13 heteroatoms. The van der Waals surface area contributed by atoms with Crippen LogP contribution in [0.15, 0.2) is 35.3 Å². The number of alkyl halides is 3. The van der Waals surface area contributed by atoms with Crippen molar-refractivity contribution in [3.8, 4) is 34.0 Å². The van der Waals surface area contributed by atoms with E-state index in [2.05, 4.69) is 0 Å². The number of nitrogens with zero attached hydrogens (tertiary/aromatic N) is 2. The van der Waals surface area contributed by atoms with E-state index in [1.807, 2.05) is 4.98 Å². The van der Waals surface area contributed by atoms with Gasteiger partial charge >= 0.3 is 17.8 Å². The Bertz CT molecular complexity index is 1330. The minimum Gasteiger partial charge on any atom is -0.504 e. The van der Waals surface area contributed by atoms with Crippen molar-refractivity contribution in [1.82, 2.24) is 9.55 Å². The van der Waals surface area contributed by atoms with Crippen LogP contribution in [-0.2, 0) is 18.0 Å². The van der Waals surface area contributed by atoms with Crippen LogP contribution in [0.4, 0.5) is 18.9 Å². The minimum atomic E-state index is -4.98. The molecule has 3 aromatic rings. The smallest absolute Gasteiger partial charge is 0.432 e. The first kappa shape index (κ1) is 23.4. The van der Waals surface area contributed by atoms with E-state index in [1.54, 1.807) is 0 Å². The molecule has 0 unspecified atom stereocenters. The third-order valence-electron chi connectivity index (χ3n) is 4.77. The number of hydrogen-bond donors (Lipinski definition) is 3. The van der Waals surface area contributed by atoms with E-state index in [4.69, 9.17) is 4.74 Å². The van der Waals surface area contributed by atoms with Crippen LogP contribution >= 0.6 is 0 Å². The lowest BCUT2D eigenvalue weighted by molar-refractivity contribution is -0.385. The number of aromatic amines is 1. The van der Waals surface area contributed by atoms with Crippen LogP contribution in [0.3, 0.4) is 0 Å². The summed E-state index contributed by atoms with van der Waals surface area (Å²) >= 11 is 0. The molecule has 0 radical (unpaired) electrons. The molecule has 33 heavy (non-hydrogen) atoms. The summed E-state index contributed by atoms with van der Waals surface area (Å²) in [5.74, 6) is -2.92. The van der Waals surface area contributed by atoms with Crippen molar-refractivity contribution in [3.63, 3.8) is 0 Å². The Morgan fingerprint density at radius 1 is 1.27 bits per heavy atom. The number of carbonyl (C=O) groups is 1. The van der Waals surface area contributed by atoms with Gasteiger partial charge in [0.2, 0.25) is 5.75 Å². The second-order valence-corrected chi connectivity index (χ2v) is 6.78. The van der Waals surface area contributed by atoms with E-state index in [0.29, 0.717) is 0 Å². The largest absolute Gasteiger partial charge is 0.504 e. The lowest BCUT2D eigenvalue weighted by Gasteiger charge is -2.15. The first-order chi connectivity index (χ1) is 15.4. The van der Waals surface area contributed by atoms with Gasteiger partial charge in [-0.15, -0.1) is 0 Å². The number of phenols is 2. The lowest BCUT2D eigenvalue weighted by Crippen LogP contribution is -2.19. The number of nitro benzene ring substituents is 1. The average molecular weight is 467 g/mol. The summed E-state index contributed by atoms with van der Waals surface area (Å²) < 4.78 is 47.0. The number of phenolic OH excluding ortho intramolecular Hbond substituents is 2. The SMILES string of the molecule is CCOC(=O)c1cc(-c2cc(O)c(O)c([N+](=O)[O-])c2)n(C)c1-c1c(C(F)(F)F)[nH]ccc1=O. The zero-order valence-electron chi connectivity index (χ0n) is 17.1. The van der Waals surface area contributed by atoms with Crippen LogP contribution in [0.1, 0.15) is 23.0 Å². The van der Waals surface area contributed by atoms with Gasteiger partial charge in [-0.3, -0.25) is 14.9 Å². The molecule has 2 heterocycles. The quantitative estimate of drug-likeness (QED) is 0.225. The zero-order chi connectivity index (χ0) is 24.7. The molecule has 0 aliphatic rings. The van der Waals surface area contributed by atoms with Gasteiger partial charge in [-0.05, 0) is 19.1 Å². The predicted molar refractivity (Wildman–Crippen MR) is 108 cm³/mol. The van der Waals surface area contributed by atoms with Crippen LogP contribution in [-0.4, -0.2) is 37.3 Å². The molecule has 2 aromatic heterocycles. The van der Waals surface area contributed by atoms with Gasteiger partial charge in [-0.1, -0.05) is 0 Å². The second-order valence-electron chi connectivity index (χ2n) is 6.78. The summed E-state index contributed by atoms with van der Waals surface area (Å²) in [4.78, 5) is 37.3. The van der Waals surface area contributed by atoms with E-state index in [0.717, 1.165) is 35.0 Å². The summed E-state index contributed by atoms with van der Waals surface area (Å²) in [6, 6.07) is 3.72.